The first-order chi connectivity index (χ1) is 12.6. The van der Waals surface area contributed by atoms with Crippen LogP contribution in [0.2, 0.25) is 0 Å². The van der Waals surface area contributed by atoms with E-state index < -0.39 is 15.6 Å². The molecule has 4 saturated carbocycles. The molecule has 0 aromatic heterocycles. The van der Waals surface area contributed by atoms with Crippen molar-refractivity contribution < 1.29 is 18.3 Å². The fourth-order valence-corrected chi connectivity index (χ4v) is 7.23. The highest BCUT2D eigenvalue weighted by Gasteiger charge is 2.57. The number of nitrogens with one attached hydrogen (secondary N) is 2. The molecule has 6 nitrogen and oxygen atoms in total. The van der Waals surface area contributed by atoms with Gasteiger partial charge in [-0.1, -0.05) is 6.07 Å². The molecule has 4 fully saturated rings. The zero-order valence-corrected chi connectivity index (χ0v) is 16.7. The van der Waals surface area contributed by atoms with Gasteiger partial charge in [0.2, 0.25) is 15.9 Å². The van der Waals surface area contributed by atoms with Gasteiger partial charge in [0.25, 0.3) is 0 Å². The van der Waals surface area contributed by atoms with E-state index in [1.54, 1.807) is 19.1 Å². The summed E-state index contributed by atoms with van der Waals surface area (Å²) in [6.45, 7) is 1.73. The van der Waals surface area contributed by atoms with Crippen molar-refractivity contribution in [2.75, 3.05) is 12.4 Å². The molecule has 2 atom stereocenters. The number of hydrogen-bond acceptors (Lipinski definition) is 4. The number of rotatable bonds is 5. The van der Waals surface area contributed by atoms with Gasteiger partial charge in [-0.05, 0) is 87.4 Å². The van der Waals surface area contributed by atoms with Crippen LogP contribution in [0.15, 0.2) is 23.1 Å². The van der Waals surface area contributed by atoms with Gasteiger partial charge in [-0.25, -0.2) is 13.1 Å². The van der Waals surface area contributed by atoms with Gasteiger partial charge in [0.15, 0.2) is 0 Å². The van der Waals surface area contributed by atoms with E-state index in [2.05, 4.69) is 10.0 Å². The molecule has 0 spiro atoms. The van der Waals surface area contributed by atoms with Crippen molar-refractivity contribution in [3.8, 4) is 0 Å². The van der Waals surface area contributed by atoms with Crippen LogP contribution < -0.4 is 10.0 Å². The van der Waals surface area contributed by atoms with Gasteiger partial charge in [-0.2, -0.15) is 0 Å². The predicted octanol–water partition coefficient (Wildman–Crippen LogP) is 2.56. The first kappa shape index (κ1) is 18.9. The van der Waals surface area contributed by atoms with Crippen molar-refractivity contribution >= 4 is 21.6 Å². The second-order valence-corrected chi connectivity index (χ2v) is 11.0. The molecule has 1 aromatic rings. The summed E-state index contributed by atoms with van der Waals surface area (Å²) in [6, 6.07) is 4.94. The Morgan fingerprint density at radius 1 is 1.22 bits per heavy atom. The number of amides is 1. The maximum absolute atomic E-state index is 12.8. The number of aryl methyl sites for hydroxylation is 1. The quantitative estimate of drug-likeness (QED) is 0.718. The first-order valence-corrected chi connectivity index (χ1v) is 11.2. The highest BCUT2D eigenvalue weighted by Crippen LogP contribution is 2.62. The number of aliphatic hydroxyl groups is 1. The van der Waals surface area contributed by atoms with Gasteiger partial charge in [-0.15, -0.1) is 0 Å². The van der Waals surface area contributed by atoms with Crippen LogP contribution in [-0.4, -0.2) is 32.1 Å². The van der Waals surface area contributed by atoms with E-state index in [4.69, 9.17) is 0 Å². The largest absolute Gasteiger partial charge is 0.390 e. The van der Waals surface area contributed by atoms with E-state index in [-0.39, 0.29) is 16.2 Å². The monoisotopic (exact) mass is 392 g/mol. The number of carbonyl (C=O) groups excluding carboxylic acids is 1. The van der Waals surface area contributed by atoms with Crippen LogP contribution in [0.1, 0.15) is 50.5 Å². The van der Waals surface area contributed by atoms with Crippen LogP contribution in [0.4, 0.5) is 5.69 Å². The minimum Gasteiger partial charge on any atom is -0.390 e. The molecule has 0 unspecified atom stereocenters. The molecule has 0 radical (unpaired) electrons. The number of anilines is 1. The molecule has 1 amide bonds. The number of hydrogen-bond donors (Lipinski definition) is 3. The molecule has 0 saturated heterocycles. The molecule has 4 aliphatic rings. The standard InChI is InChI=1S/C20H28N2O4S/c1-13-3-4-16(6-17(13)27(25,26)21-2)22-18(23)11-19-7-14-5-15(8-19)10-20(24,9-14)12-19/h3-4,6,14-15,21,24H,5,7-12H2,1-2H3,(H,22,23)/t14-,15-,19?,20?/m1/s1. The van der Waals surface area contributed by atoms with Gasteiger partial charge in [-0.3, -0.25) is 4.79 Å². The Morgan fingerprint density at radius 3 is 2.48 bits per heavy atom. The van der Waals surface area contributed by atoms with Gasteiger partial charge >= 0.3 is 0 Å². The highest BCUT2D eigenvalue weighted by atomic mass is 32.2. The van der Waals surface area contributed by atoms with Gasteiger partial charge < -0.3 is 10.4 Å². The van der Waals surface area contributed by atoms with Crippen LogP contribution in [-0.2, 0) is 14.8 Å². The Labute approximate surface area is 160 Å². The molecule has 0 heterocycles. The van der Waals surface area contributed by atoms with Crippen LogP contribution in [0.25, 0.3) is 0 Å². The van der Waals surface area contributed by atoms with Gasteiger partial charge in [0.1, 0.15) is 0 Å². The van der Waals surface area contributed by atoms with Crippen LogP contribution in [0, 0.1) is 24.2 Å². The average molecular weight is 393 g/mol. The maximum Gasteiger partial charge on any atom is 0.240 e. The summed E-state index contributed by atoms with van der Waals surface area (Å²) in [5.41, 5.74) is 0.434. The van der Waals surface area contributed by atoms with Crippen LogP contribution in [0.3, 0.4) is 0 Å². The third kappa shape index (κ3) is 3.52. The summed E-state index contributed by atoms with van der Waals surface area (Å²) in [5.74, 6) is 0.976. The number of carbonyl (C=O) groups is 1. The molecular weight excluding hydrogens is 364 g/mol. The lowest BCUT2D eigenvalue weighted by Crippen LogP contribution is -2.56. The Balaban J connectivity index is 1.50. The lowest BCUT2D eigenvalue weighted by atomic mass is 9.47. The Morgan fingerprint density at radius 2 is 1.89 bits per heavy atom. The normalized spacial score (nSPS) is 34.6. The van der Waals surface area contributed by atoms with Crippen molar-refractivity contribution in [2.45, 2.75) is 62.4 Å². The molecule has 0 aliphatic heterocycles. The molecular formula is C20H28N2O4S. The topological polar surface area (TPSA) is 95.5 Å². The lowest BCUT2D eigenvalue weighted by Gasteiger charge is -2.60. The SMILES string of the molecule is CNS(=O)(=O)c1cc(NC(=O)CC23C[C@H]4C[C@@H](CC(O)(C4)C2)C3)ccc1C. The molecule has 148 valence electrons. The predicted molar refractivity (Wildman–Crippen MR) is 103 cm³/mol. The summed E-state index contributed by atoms with van der Waals surface area (Å²) < 4.78 is 26.6. The average Bonchev–Trinajstić information content (AvgIpc) is 2.53. The summed E-state index contributed by atoms with van der Waals surface area (Å²) in [4.78, 5) is 12.9. The smallest absolute Gasteiger partial charge is 0.240 e. The van der Waals surface area contributed by atoms with Gasteiger partial charge in [0.05, 0.1) is 10.5 Å². The van der Waals surface area contributed by atoms with Crippen molar-refractivity contribution in [2.24, 2.45) is 17.3 Å². The molecule has 27 heavy (non-hydrogen) atoms. The second kappa shape index (κ2) is 6.29. The Kier molecular flexibility index (Phi) is 4.40. The molecule has 1 aromatic carbocycles. The number of sulfonamides is 1. The van der Waals surface area contributed by atoms with E-state index >= 15 is 0 Å². The third-order valence-corrected chi connectivity index (χ3v) is 8.27. The van der Waals surface area contributed by atoms with Crippen molar-refractivity contribution in [3.05, 3.63) is 23.8 Å². The molecule has 5 rings (SSSR count). The summed E-state index contributed by atoms with van der Waals surface area (Å²) >= 11 is 0. The molecule has 4 bridgehead atoms. The van der Waals surface area contributed by atoms with Crippen molar-refractivity contribution in [1.29, 1.82) is 0 Å². The van der Waals surface area contributed by atoms with Crippen molar-refractivity contribution in [1.82, 2.24) is 4.72 Å². The fraction of sp³-hybridized carbons (Fsp3) is 0.650. The summed E-state index contributed by atoms with van der Waals surface area (Å²) in [7, 11) is -2.20. The van der Waals surface area contributed by atoms with Crippen LogP contribution in [0.5, 0.6) is 0 Å². The minimum atomic E-state index is -3.57. The van der Waals surface area contributed by atoms with Crippen molar-refractivity contribution in [3.63, 3.8) is 0 Å². The number of benzene rings is 1. The van der Waals surface area contributed by atoms with Crippen LogP contribution >= 0.6 is 0 Å². The van der Waals surface area contributed by atoms with E-state index in [1.165, 1.54) is 19.5 Å². The maximum atomic E-state index is 12.8. The molecule has 3 N–H and O–H groups in total. The summed E-state index contributed by atoms with van der Waals surface area (Å²) in [5, 5.41) is 13.7. The summed E-state index contributed by atoms with van der Waals surface area (Å²) in [6.07, 6.45) is 6.11. The van der Waals surface area contributed by atoms with Gasteiger partial charge in [0, 0.05) is 12.1 Å². The van der Waals surface area contributed by atoms with E-state index in [0.29, 0.717) is 35.9 Å². The highest BCUT2D eigenvalue weighted by molar-refractivity contribution is 7.89. The molecule has 7 heteroatoms. The fourth-order valence-electron chi connectivity index (χ4n) is 6.23. The first-order valence-electron chi connectivity index (χ1n) is 9.69. The molecule has 4 aliphatic carbocycles. The van der Waals surface area contributed by atoms with E-state index in [0.717, 1.165) is 25.7 Å². The lowest BCUT2D eigenvalue weighted by molar-refractivity contribution is -0.167. The second-order valence-electron chi connectivity index (χ2n) is 9.10. The van der Waals surface area contributed by atoms with E-state index in [9.17, 15) is 18.3 Å². The zero-order valence-electron chi connectivity index (χ0n) is 15.9. The minimum absolute atomic E-state index is 0.0998. The Bertz CT molecular complexity index is 866. The van der Waals surface area contributed by atoms with E-state index in [1.807, 2.05) is 0 Å². The Hall–Kier alpha value is -1.44. The zero-order chi connectivity index (χ0) is 19.4. The third-order valence-electron chi connectivity index (χ3n) is 6.72.